The molecule has 0 spiro atoms. The van der Waals surface area contributed by atoms with Crippen molar-refractivity contribution in [3.05, 3.63) is 99.7 Å². The van der Waals surface area contributed by atoms with Crippen LogP contribution in [0.5, 0.6) is 0 Å². The van der Waals surface area contributed by atoms with E-state index in [-0.39, 0.29) is 17.4 Å². The van der Waals surface area contributed by atoms with Crippen molar-refractivity contribution in [2.75, 3.05) is 6.54 Å². The first kappa shape index (κ1) is 32.8. The van der Waals surface area contributed by atoms with Gasteiger partial charge in [0, 0.05) is 12.7 Å². The minimum atomic E-state index is -0.467. The molecule has 0 radical (unpaired) electrons. The Labute approximate surface area is 255 Å². The van der Waals surface area contributed by atoms with Crippen LogP contribution >= 0.6 is 0 Å². The highest BCUT2D eigenvalue weighted by molar-refractivity contribution is 6.10. The Kier molecular flexibility index (Phi) is 11.9. The summed E-state index contributed by atoms with van der Waals surface area (Å²) in [6.07, 6.45) is 14.2. The van der Waals surface area contributed by atoms with E-state index < -0.39 is 6.03 Å². The van der Waals surface area contributed by atoms with Crippen molar-refractivity contribution in [3.63, 3.8) is 0 Å². The third-order valence-electron chi connectivity index (χ3n) is 7.24. The molecule has 0 fully saturated rings. The lowest BCUT2D eigenvalue weighted by molar-refractivity contribution is -0.108. The van der Waals surface area contributed by atoms with Gasteiger partial charge in [-0.1, -0.05) is 50.6 Å². The van der Waals surface area contributed by atoms with E-state index in [1.165, 1.54) is 17.2 Å². The molecule has 0 bridgehead atoms. The third kappa shape index (κ3) is 9.16. The first-order chi connectivity index (χ1) is 20.6. The van der Waals surface area contributed by atoms with E-state index in [1.807, 2.05) is 26.1 Å². The van der Waals surface area contributed by atoms with E-state index >= 15 is 0 Å². The number of guanidine groups is 1. The molecule has 0 saturated heterocycles. The molecule has 6 N–H and O–H groups in total. The minimum Gasteiger partial charge on any atom is -0.397 e. The van der Waals surface area contributed by atoms with Crippen LogP contribution in [-0.2, 0) is 17.8 Å². The van der Waals surface area contributed by atoms with Gasteiger partial charge in [-0.05, 0) is 98.1 Å². The van der Waals surface area contributed by atoms with Gasteiger partial charge in [0.15, 0.2) is 0 Å². The highest BCUT2D eigenvalue weighted by Gasteiger charge is 2.23. The van der Waals surface area contributed by atoms with Crippen LogP contribution in [0.1, 0.15) is 71.1 Å². The van der Waals surface area contributed by atoms with E-state index in [0.29, 0.717) is 42.4 Å². The van der Waals surface area contributed by atoms with Gasteiger partial charge >= 0.3 is 6.03 Å². The van der Waals surface area contributed by atoms with Crippen LogP contribution in [0.3, 0.4) is 0 Å². The zero-order valence-corrected chi connectivity index (χ0v) is 26.2. The van der Waals surface area contributed by atoms with Crippen LogP contribution in [0.15, 0.2) is 88.0 Å². The van der Waals surface area contributed by atoms with Crippen LogP contribution in [-0.4, -0.2) is 35.6 Å². The Hall–Kier alpha value is -4.66. The van der Waals surface area contributed by atoms with E-state index in [1.54, 1.807) is 17.1 Å². The van der Waals surface area contributed by atoms with Crippen molar-refractivity contribution < 1.29 is 9.59 Å². The molecule has 0 aromatic heterocycles. The number of carbonyl (C=O) groups excluding carboxylic acids is 2. The summed E-state index contributed by atoms with van der Waals surface area (Å²) < 4.78 is 0. The van der Waals surface area contributed by atoms with Crippen molar-refractivity contribution in [1.29, 1.82) is 5.41 Å². The lowest BCUT2D eigenvalue weighted by Crippen LogP contribution is -2.47. The van der Waals surface area contributed by atoms with Gasteiger partial charge in [0.05, 0.1) is 29.3 Å². The van der Waals surface area contributed by atoms with Gasteiger partial charge in [0.2, 0.25) is 12.4 Å². The first-order valence-corrected chi connectivity index (χ1v) is 14.8. The van der Waals surface area contributed by atoms with Crippen LogP contribution in [0.4, 0.5) is 4.79 Å². The lowest BCUT2D eigenvalue weighted by atomic mass is 9.94. The first-order valence-electron chi connectivity index (χ1n) is 14.8. The second-order valence-electron chi connectivity index (χ2n) is 11.2. The second kappa shape index (κ2) is 15.5. The number of hydrogen-bond acceptors (Lipinski definition) is 6. The number of benzene rings is 1. The maximum absolute atomic E-state index is 14.0. The Morgan fingerprint density at radius 1 is 1.23 bits per heavy atom. The maximum Gasteiger partial charge on any atom is 0.329 e. The van der Waals surface area contributed by atoms with Crippen LogP contribution in [0, 0.1) is 11.3 Å². The predicted octanol–water partition coefficient (Wildman–Crippen LogP) is 5.80. The molecule has 0 unspecified atom stereocenters. The van der Waals surface area contributed by atoms with Crippen molar-refractivity contribution >= 4 is 29.7 Å². The summed E-state index contributed by atoms with van der Waals surface area (Å²) in [7, 11) is 0. The molecule has 1 aliphatic carbocycles. The van der Waals surface area contributed by atoms with Crippen molar-refractivity contribution in [1.82, 2.24) is 20.9 Å². The smallest absolute Gasteiger partial charge is 0.329 e. The van der Waals surface area contributed by atoms with Gasteiger partial charge in [-0.3, -0.25) is 20.3 Å². The molecule has 3 rings (SSSR count). The van der Waals surface area contributed by atoms with E-state index in [4.69, 9.17) is 11.1 Å². The maximum atomic E-state index is 14.0. The van der Waals surface area contributed by atoms with Crippen molar-refractivity contribution in [3.8, 4) is 0 Å². The molecule has 1 aromatic rings. The highest BCUT2D eigenvalue weighted by Crippen LogP contribution is 2.25. The average Bonchev–Trinajstić information content (AvgIpc) is 2.96. The molecular formula is C34H45N7O2. The molecule has 1 heterocycles. The molecule has 0 atom stereocenters. The van der Waals surface area contributed by atoms with Crippen molar-refractivity contribution in [2.24, 2.45) is 16.6 Å². The molecule has 2 aliphatic rings. The normalized spacial score (nSPS) is 16.6. The fourth-order valence-corrected chi connectivity index (χ4v) is 4.80. The summed E-state index contributed by atoms with van der Waals surface area (Å²) in [5, 5.41) is 16.6. The number of aliphatic imine (C=N–C) groups is 1. The topological polar surface area (TPSA) is 136 Å². The van der Waals surface area contributed by atoms with E-state index in [9.17, 15) is 9.59 Å². The number of amides is 3. The van der Waals surface area contributed by atoms with Gasteiger partial charge in [0.1, 0.15) is 0 Å². The number of aryl methyl sites for hydroxylation is 1. The zero-order valence-electron chi connectivity index (χ0n) is 26.2. The number of dihydropyridines is 1. The van der Waals surface area contributed by atoms with Gasteiger partial charge in [-0.15, -0.1) is 0 Å². The minimum absolute atomic E-state index is 0.0722. The number of allylic oxidation sites excluding steroid dienone is 7. The van der Waals surface area contributed by atoms with Gasteiger partial charge in [0.25, 0.3) is 0 Å². The highest BCUT2D eigenvalue weighted by atomic mass is 16.2. The number of nitrogens with two attached hydrogens (primary N) is 1. The molecule has 228 valence electrons. The Bertz CT molecular complexity index is 1450. The zero-order chi connectivity index (χ0) is 31.5. The molecular weight excluding hydrogens is 538 g/mol. The summed E-state index contributed by atoms with van der Waals surface area (Å²) in [5.41, 5.74) is 13.9. The van der Waals surface area contributed by atoms with Gasteiger partial charge < -0.3 is 16.5 Å². The number of nitrogens with one attached hydrogen (secondary N) is 4. The van der Waals surface area contributed by atoms with Crippen LogP contribution < -0.4 is 21.7 Å². The van der Waals surface area contributed by atoms with Crippen LogP contribution in [0.2, 0.25) is 0 Å². The quantitative estimate of drug-likeness (QED) is 0.135. The average molecular weight is 584 g/mol. The predicted molar refractivity (Wildman–Crippen MR) is 176 cm³/mol. The fourth-order valence-electron chi connectivity index (χ4n) is 4.80. The summed E-state index contributed by atoms with van der Waals surface area (Å²) in [6, 6.07) is 6.04. The van der Waals surface area contributed by atoms with Crippen molar-refractivity contribution in [2.45, 2.75) is 67.3 Å². The summed E-state index contributed by atoms with van der Waals surface area (Å²) in [5.74, 6) is 0.470. The van der Waals surface area contributed by atoms with E-state index in [0.717, 1.165) is 36.0 Å². The summed E-state index contributed by atoms with van der Waals surface area (Å²) in [6.45, 7) is 13.5. The molecule has 1 aromatic carbocycles. The summed E-state index contributed by atoms with van der Waals surface area (Å²) in [4.78, 5) is 31.6. The monoisotopic (exact) mass is 583 g/mol. The van der Waals surface area contributed by atoms with Crippen LogP contribution in [0.25, 0.3) is 5.57 Å². The SMILES string of the molecule is C/C=C1/C=C(N=C(NC=O)NC(=O)N(Cc2cc(/C(C)=C\CC)ccc2CCC(C)C)C2=CNCC(C)=C2)C(N)=CC1=N. The number of hydrogen-bond donors (Lipinski definition) is 5. The second-order valence-corrected chi connectivity index (χ2v) is 11.2. The largest absolute Gasteiger partial charge is 0.397 e. The molecule has 9 nitrogen and oxygen atoms in total. The fraction of sp³-hybridized carbons (Fsp3) is 0.353. The van der Waals surface area contributed by atoms with E-state index in [2.05, 4.69) is 72.9 Å². The third-order valence-corrected chi connectivity index (χ3v) is 7.24. The standard InChI is InChI=1S/C34H45N7O2/c1-7-9-24(6)27-13-12-26(11-10-22(3)4)28(15-27)20-41(29-14-23(5)18-37-19-29)34(43)40-33(38-21-42)39-32-16-25(8-2)30(35)17-31(32)36/h8-9,12-17,19,21-22,35,37H,7,10-11,18,20,36H2,1-6H3,(H2,38,39,40,42,43)/b24-9-,25-8-,35-30?. The lowest BCUT2D eigenvalue weighted by Gasteiger charge is -2.28. The molecule has 43 heavy (non-hydrogen) atoms. The molecule has 0 saturated carbocycles. The molecule has 9 heteroatoms. The number of carbonyl (C=O) groups is 2. The molecule has 1 aliphatic heterocycles. The number of rotatable bonds is 10. The summed E-state index contributed by atoms with van der Waals surface area (Å²) >= 11 is 0. The molecule has 3 amide bonds. The Balaban J connectivity index is 2.04. The van der Waals surface area contributed by atoms with Gasteiger partial charge in [-0.2, -0.15) is 0 Å². The van der Waals surface area contributed by atoms with Gasteiger partial charge in [-0.25, -0.2) is 9.79 Å². The Morgan fingerprint density at radius 2 is 2.00 bits per heavy atom. The Morgan fingerprint density at radius 3 is 2.65 bits per heavy atom. The number of urea groups is 1. The number of nitrogens with zero attached hydrogens (tertiary/aromatic N) is 2.